The molecule has 3 fully saturated rings. The molecule has 0 radical (unpaired) electrons. The molecule has 1 aromatic carbocycles. The molecule has 0 saturated carbocycles. The van der Waals surface area contributed by atoms with Crippen LogP contribution in [0.15, 0.2) is 18.2 Å². The Bertz CT molecular complexity index is 958. The number of benzene rings is 1. The predicted molar refractivity (Wildman–Crippen MR) is 123 cm³/mol. The minimum atomic E-state index is -3.46. The Labute approximate surface area is 196 Å². The van der Waals surface area contributed by atoms with Crippen LogP contribution in [0.25, 0.3) is 0 Å². The van der Waals surface area contributed by atoms with Crippen LogP contribution in [0.2, 0.25) is 0 Å². The highest BCUT2D eigenvalue weighted by molar-refractivity contribution is 7.86. The van der Waals surface area contributed by atoms with Gasteiger partial charge >= 0.3 is 0 Å². The Balaban J connectivity index is 1.13. The summed E-state index contributed by atoms with van der Waals surface area (Å²) in [6, 6.07) is 6.04. The van der Waals surface area contributed by atoms with Gasteiger partial charge in [-0.05, 0) is 43.4 Å². The first-order valence-electron chi connectivity index (χ1n) is 12.2. The van der Waals surface area contributed by atoms with Crippen molar-refractivity contribution in [3.05, 3.63) is 23.8 Å². The van der Waals surface area contributed by atoms with E-state index in [1.807, 2.05) is 17.0 Å². The zero-order chi connectivity index (χ0) is 22.8. The molecular weight excluding hydrogens is 444 g/mol. The van der Waals surface area contributed by atoms with Crippen molar-refractivity contribution < 1.29 is 22.7 Å². The van der Waals surface area contributed by atoms with E-state index in [0.29, 0.717) is 39.3 Å². The lowest BCUT2D eigenvalue weighted by Crippen LogP contribution is -2.54. The molecule has 1 unspecified atom stereocenters. The van der Waals surface area contributed by atoms with Crippen molar-refractivity contribution in [1.29, 1.82) is 0 Å². The number of fused-ring (bicyclic) bond motifs is 1. The number of piperidine rings is 2. The molecule has 10 heteroatoms. The fraction of sp³-hybridized carbons (Fsp3) is 0.696. The van der Waals surface area contributed by atoms with E-state index in [1.54, 1.807) is 8.61 Å². The second-order valence-electron chi connectivity index (χ2n) is 9.45. The molecule has 182 valence electrons. The topological polar surface area (TPSA) is 82.6 Å². The Hall–Kier alpha value is -1.88. The van der Waals surface area contributed by atoms with Gasteiger partial charge in [-0.1, -0.05) is 12.5 Å². The third-order valence-corrected chi connectivity index (χ3v) is 9.23. The molecule has 0 bridgehead atoms. The van der Waals surface area contributed by atoms with Gasteiger partial charge in [-0.3, -0.25) is 9.69 Å². The zero-order valence-corrected chi connectivity index (χ0v) is 20.0. The second kappa shape index (κ2) is 9.77. The molecule has 0 aliphatic carbocycles. The number of hydrogen-bond donors (Lipinski definition) is 0. The molecule has 0 aromatic heterocycles. The molecule has 0 N–H and O–H groups in total. The van der Waals surface area contributed by atoms with Crippen molar-refractivity contribution >= 4 is 16.1 Å². The molecular formula is C23H34N4O5S. The van der Waals surface area contributed by atoms with Gasteiger partial charge in [0.2, 0.25) is 12.7 Å². The fourth-order valence-electron chi connectivity index (χ4n) is 5.29. The maximum absolute atomic E-state index is 13.2. The van der Waals surface area contributed by atoms with Crippen LogP contribution in [-0.4, -0.2) is 91.9 Å². The first-order chi connectivity index (χ1) is 16.0. The van der Waals surface area contributed by atoms with Crippen LogP contribution >= 0.6 is 0 Å². The van der Waals surface area contributed by atoms with Crippen LogP contribution in [-0.2, 0) is 21.5 Å². The van der Waals surface area contributed by atoms with E-state index in [0.717, 1.165) is 63.2 Å². The SMILES string of the molecule is O=C(C1CCCN(S(=O)(=O)N2CCCCC2)C1)N1CCN(Cc2ccc3c(c2)OCO3)CC1. The molecule has 9 nitrogen and oxygen atoms in total. The van der Waals surface area contributed by atoms with Crippen LogP contribution in [0.5, 0.6) is 11.5 Å². The first kappa shape index (κ1) is 22.9. The van der Waals surface area contributed by atoms with Gasteiger partial charge in [-0.25, -0.2) is 0 Å². The third kappa shape index (κ3) is 4.99. The summed E-state index contributed by atoms with van der Waals surface area (Å²) >= 11 is 0. The summed E-state index contributed by atoms with van der Waals surface area (Å²) in [5, 5.41) is 0. The highest BCUT2D eigenvalue weighted by Gasteiger charge is 2.38. The molecule has 1 atom stereocenters. The monoisotopic (exact) mass is 478 g/mol. The van der Waals surface area contributed by atoms with Crippen LogP contribution in [0.3, 0.4) is 0 Å². The summed E-state index contributed by atoms with van der Waals surface area (Å²) < 4.78 is 40.2. The van der Waals surface area contributed by atoms with Crippen LogP contribution in [0, 0.1) is 5.92 Å². The van der Waals surface area contributed by atoms with Crippen molar-refractivity contribution in [2.24, 2.45) is 5.92 Å². The van der Waals surface area contributed by atoms with E-state index in [-0.39, 0.29) is 18.6 Å². The zero-order valence-electron chi connectivity index (χ0n) is 19.2. The van der Waals surface area contributed by atoms with Crippen LogP contribution < -0.4 is 9.47 Å². The van der Waals surface area contributed by atoms with Gasteiger partial charge in [0.15, 0.2) is 11.5 Å². The summed E-state index contributed by atoms with van der Waals surface area (Å²) in [5.74, 6) is 1.45. The van der Waals surface area contributed by atoms with Gasteiger partial charge in [0, 0.05) is 58.9 Å². The number of carbonyl (C=O) groups excluding carboxylic acids is 1. The van der Waals surface area contributed by atoms with Gasteiger partial charge in [-0.2, -0.15) is 17.0 Å². The normalized spacial score (nSPS) is 25.3. The average Bonchev–Trinajstić information content (AvgIpc) is 3.33. The van der Waals surface area contributed by atoms with Crippen LogP contribution in [0.4, 0.5) is 0 Å². The largest absolute Gasteiger partial charge is 0.454 e. The number of nitrogens with zero attached hydrogens (tertiary/aromatic N) is 4. The highest BCUT2D eigenvalue weighted by atomic mass is 32.2. The smallest absolute Gasteiger partial charge is 0.281 e. The molecule has 4 heterocycles. The Morgan fingerprint density at radius 1 is 0.879 bits per heavy atom. The number of rotatable bonds is 5. The molecule has 0 spiro atoms. The number of amides is 1. The predicted octanol–water partition coefficient (Wildman–Crippen LogP) is 1.50. The second-order valence-corrected chi connectivity index (χ2v) is 11.4. The number of ether oxygens (including phenoxy) is 2. The summed E-state index contributed by atoms with van der Waals surface area (Å²) in [5.41, 5.74) is 1.17. The maximum atomic E-state index is 13.2. The summed E-state index contributed by atoms with van der Waals surface area (Å²) in [4.78, 5) is 17.5. The van der Waals surface area contributed by atoms with Gasteiger partial charge < -0.3 is 14.4 Å². The maximum Gasteiger partial charge on any atom is 0.281 e. The highest BCUT2D eigenvalue weighted by Crippen LogP contribution is 2.33. The summed E-state index contributed by atoms with van der Waals surface area (Å²) in [6.07, 6.45) is 4.45. The molecule has 1 amide bonds. The summed E-state index contributed by atoms with van der Waals surface area (Å²) in [6.45, 7) is 6.09. The first-order valence-corrected chi connectivity index (χ1v) is 13.6. The van der Waals surface area contributed by atoms with Gasteiger partial charge in [0.05, 0.1) is 5.92 Å². The molecule has 4 aliphatic heterocycles. The van der Waals surface area contributed by atoms with E-state index < -0.39 is 10.2 Å². The minimum Gasteiger partial charge on any atom is -0.454 e. The standard InChI is InChI=1S/C23H34N4O5S/c28-23(20-5-4-10-27(17-20)33(29,30)26-8-2-1-3-9-26)25-13-11-24(12-14-25)16-19-6-7-21-22(15-19)32-18-31-21/h6-7,15,20H,1-5,8-14,16-18H2. The molecule has 33 heavy (non-hydrogen) atoms. The van der Waals surface area contributed by atoms with Crippen molar-refractivity contribution in [2.45, 2.75) is 38.6 Å². The number of hydrogen-bond acceptors (Lipinski definition) is 6. The van der Waals surface area contributed by atoms with Crippen LogP contribution in [0.1, 0.15) is 37.7 Å². The van der Waals surface area contributed by atoms with Crippen molar-refractivity contribution in [3.8, 4) is 11.5 Å². The van der Waals surface area contributed by atoms with Crippen molar-refractivity contribution in [3.63, 3.8) is 0 Å². The van der Waals surface area contributed by atoms with Gasteiger partial charge in [0.1, 0.15) is 0 Å². The van der Waals surface area contributed by atoms with E-state index in [9.17, 15) is 13.2 Å². The number of piperazine rings is 1. The molecule has 3 saturated heterocycles. The Morgan fingerprint density at radius 3 is 2.39 bits per heavy atom. The lowest BCUT2D eigenvalue weighted by Gasteiger charge is -2.40. The summed E-state index contributed by atoms with van der Waals surface area (Å²) in [7, 11) is -3.46. The Morgan fingerprint density at radius 2 is 1.61 bits per heavy atom. The lowest BCUT2D eigenvalue weighted by molar-refractivity contribution is -0.138. The van der Waals surface area contributed by atoms with E-state index in [1.165, 1.54) is 5.56 Å². The minimum absolute atomic E-state index is 0.108. The number of carbonyl (C=O) groups is 1. The van der Waals surface area contributed by atoms with Crippen molar-refractivity contribution in [2.75, 3.05) is 59.2 Å². The average molecular weight is 479 g/mol. The van der Waals surface area contributed by atoms with E-state index >= 15 is 0 Å². The quantitative estimate of drug-likeness (QED) is 0.638. The third-order valence-electron chi connectivity index (χ3n) is 7.23. The lowest BCUT2D eigenvalue weighted by atomic mass is 9.97. The van der Waals surface area contributed by atoms with E-state index in [4.69, 9.17) is 9.47 Å². The molecule has 1 aromatic rings. The van der Waals surface area contributed by atoms with Gasteiger partial charge in [0.25, 0.3) is 10.2 Å². The van der Waals surface area contributed by atoms with Crippen molar-refractivity contribution in [1.82, 2.24) is 18.4 Å². The molecule has 4 aliphatic rings. The van der Waals surface area contributed by atoms with Gasteiger partial charge in [-0.15, -0.1) is 0 Å². The Kier molecular flexibility index (Phi) is 6.78. The molecule has 5 rings (SSSR count). The van der Waals surface area contributed by atoms with E-state index in [2.05, 4.69) is 11.0 Å². The fourth-order valence-corrected chi connectivity index (χ4v) is 7.07.